The molecule has 0 saturated heterocycles. The number of nitrogens with one attached hydrogen (secondary N) is 2. The first-order chi connectivity index (χ1) is 18.3. The third kappa shape index (κ3) is 6.32. The van der Waals surface area contributed by atoms with Gasteiger partial charge in [0.1, 0.15) is 0 Å². The van der Waals surface area contributed by atoms with E-state index in [9.17, 15) is 29.8 Å². The van der Waals surface area contributed by atoms with E-state index in [1.54, 1.807) is 48.5 Å². The van der Waals surface area contributed by atoms with Gasteiger partial charge in [0.25, 0.3) is 11.4 Å². The number of amides is 2. The van der Waals surface area contributed by atoms with E-state index in [0.717, 1.165) is 0 Å². The number of rotatable bonds is 8. The molecule has 0 aliphatic rings. The average Bonchev–Trinajstić information content (AvgIpc) is 2.91. The molecule has 0 unspecified atom stereocenters. The number of carbonyl (C=O) groups is 2. The van der Waals surface area contributed by atoms with E-state index in [-0.39, 0.29) is 11.4 Å². The standard InChI is InChI=1S/C28H20N4O6/c33-27(15-13-19-5-1-7-21(17-19)31(35)36)29-25-11-3-10-24-23(25)9-4-12-26(24)30-28(34)16-14-20-6-2-8-22(18-20)32(37)38/h1-18H,(H,29,33)(H,30,34)/b15-13+,16-14+. The predicted molar refractivity (Wildman–Crippen MR) is 145 cm³/mol. The summed E-state index contributed by atoms with van der Waals surface area (Å²) in [5, 5.41) is 28.8. The molecule has 0 heterocycles. The normalized spacial score (nSPS) is 11.1. The Kier molecular flexibility index (Phi) is 7.63. The molecule has 0 spiro atoms. The van der Waals surface area contributed by atoms with E-state index in [1.165, 1.54) is 60.7 Å². The van der Waals surface area contributed by atoms with E-state index in [1.807, 2.05) is 0 Å². The molecule has 0 saturated carbocycles. The highest BCUT2D eigenvalue weighted by atomic mass is 16.6. The van der Waals surface area contributed by atoms with Crippen LogP contribution in [0.2, 0.25) is 0 Å². The van der Waals surface area contributed by atoms with Gasteiger partial charge in [-0.3, -0.25) is 29.8 Å². The largest absolute Gasteiger partial charge is 0.322 e. The van der Waals surface area contributed by atoms with Gasteiger partial charge in [0.05, 0.1) is 9.85 Å². The van der Waals surface area contributed by atoms with Gasteiger partial charge in [0.2, 0.25) is 11.8 Å². The molecular formula is C28H20N4O6. The molecule has 0 aliphatic carbocycles. The van der Waals surface area contributed by atoms with Crippen molar-refractivity contribution >= 4 is 57.5 Å². The summed E-state index contributed by atoms with van der Waals surface area (Å²) in [7, 11) is 0. The van der Waals surface area contributed by atoms with Crippen LogP contribution in [-0.2, 0) is 9.59 Å². The molecule has 10 nitrogen and oxygen atoms in total. The molecule has 188 valence electrons. The van der Waals surface area contributed by atoms with Crippen molar-refractivity contribution in [3.63, 3.8) is 0 Å². The molecule has 0 atom stereocenters. The maximum absolute atomic E-state index is 12.5. The number of benzene rings is 4. The summed E-state index contributed by atoms with van der Waals surface area (Å²) in [5.74, 6) is -0.864. The molecular weight excluding hydrogens is 488 g/mol. The smallest absolute Gasteiger partial charge is 0.270 e. The zero-order valence-electron chi connectivity index (χ0n) is 19.7. The maximum Gasteiger partial charge on any atom is 0.270 e. The first-order valence-electron chi connectivity index (χ1n) is 11.3. The van der Waals surface area contributed by atoms with Gasteiger partial charge in [0, 0.05) is 58.6 Å². The van der Waals surface area contributed by atoms with E-state index in [2.05, 4.69) is 10.6 Å². The molecule has 4 aromatic carbocycles. The predicted octanol–water partition coefficient (Wildman–Crippen LogP) is 5.96. The number of nitrogens with zero attached hydrogens (tertiary/aromatic N) is 2. The average molecular weight is 508 g/mol. The van der Waals surface area contributed by atoms with Crippen molar-refractivity contribution in [3.05, 3.63) is 128 Å². The summed E-state index contributed by atoms with van der Waals surface area (Å²) in [5.41, 5.74) is 1.90. The first-order valence-corrected chi connectivity index (χ1v) is 11.3. The second-order valence-electron chi connectivity index (χ2n) is 8.06. The van der Waals surface area contributed by atoms with Crippen molar-refractivity contribution in [2.45, 2.75) is 0 Å². The van der Waals surface area contributed by atoms with Crippen LogP contribution in [0, 0.1) is 20.2 Å². The van der Waals surface area contributed by atoms with Crippen LogP contribution in [0.1, 0.15) is 11.1 Å². The molecule has 0 fully saturated rings. The fraction of sp³-hybridized carbons (Fsp3) is 0. The van der Waals surface area contributed by atoms with Gasteiger partial charge in [-0.05, 0) is 35.4 Å². The summed E-state index contributed by atoms with van der Waals surface area (Å²) in [6.07, 6.45) is 5.52. The van der Waals surface area contributed by atoms with Gasteiger partial charge < -0.3 is 10.6 Å². The van der Waals surface area contributed by atoms with Gasteiger partial charge >= 0.3 is 0 Å². The molecule has 4 rings (SSSR count). The van der Waals surface area contributed by atoms with Crippen molar-refractivity contribution in [2.75, 3.05) is 10.6 Å². The van der Waals surface area contributed by atoms with Gasteiger partial charge in [-0.15, -0.1) is 0 Å². The summed E-state index contributed by atoms with van der Waals surface area (Å²) >= 11 is 0. The number of carbonyl (C=O) groups excluding carboxylic acids is 2. The third-order valence-electron chi connectivity index (χ3n) is 5.45. The van der Waals surface area contributed by atoms with Crippen LogP contribution in [0.15, 0.2) is 97.1 Å². The van der Waals surface area contributed by atoms with Crippen molar-refractivity contribution < 1.29 is 19.4 Å². The van der Waals surface area contributed by atoms with Crippen LogP contribution < -0.4 is 10.6 Å². The van der Waals surface area contributed by atoms with Gasteiger partial charge in [0.15, 0.2) is 0 Å². The zero-order valence-corrected chi connectivity index (χ0v) is 19.7. The van der Waals surface area contributed by atoms with E-state index >= 15 is 0 Å². The van der Waals surface area contributed by atoms with Crippen molar-refractivity contribution in [1.29, 1.82) is 0 Å². The van der Waals surface area contributed by atoms with Crippen LogP contribution in [0.4, 0.5) is 22.7 Å². The Hall–Kier alpha value is -5.64. The minimum absolute atomic E-state index is 0.0730. The van der Waals surface area contributed by atoms with Gasteiger partial charge in [-0.1, -0.05) is 48.5 Å². The molecule has 0 bridgehead atoms. The molecule has 0 radical (unpaired) electrons. The van der Waals surface area contributed by atoms with Crippen molar-refractivity contribution in [3.8, 4) is 0 Å². The molecule has 0 aliphatic heterocycles. The van der Waals surface area contributed by atoms with Crippen LogP contribution >= 0.6 is 0 Å². The highest BCUT2D eigenvalue weighted by Gasteiger charge is 2.09. The first kappa shape index (κ1) is 25.5. The highest BCUT2D eigenvalue weighted by Crippen LogP contribution is 2.29. The summed E-state index contributed by atoms with van der Waals surface area (Å²) < 4.78 is 0. The Morgan fingerprint density at radius 1 is 0.605 bits per heavy atom. The van der Waals surface area contributed by atoms with Crippen molar-refractivity contribution in [2.24, 2.45) is 0 Å². The topological polar surface area (TPSA) is 144 Å². The SMILES string of the molecule is O=C(/C=C/c1cccc([N+](=O)[O-])c1)Nc1cccc2c(NC(=O)/C=C/c3cccc([N+](=O)[O-])c3)cccc12. The lowest BCUT2D eigenvalue weighted by molar-refractivity contribution is -0.385. The molecule has 0 aromatic heterocycles. The fourth-order valence-electron chi connectivity index (χ4n) is 3.70. The lowest BCUT2D eigenvalue weighted by Crippen LogP contribution is -2.10. The Morgan fingerprint density at radius 3 is 1.39 bits per heavy atom. The maximum atomic E-state index is 12.5. The minimum Gasteiger partial charge on any atom is -0.322 e. The monoisotopic (exact) mass is 508 g/mol. The number of nitro benzene ring substituents is 2. The number of nitro groups is 2. The van der Waals surface area contributed by atoms with Gasteiger partial charge in [-0.2, -0.15) is 0 Å². The minimum atomic E-state index is -0.507. The Bertz CT molecular complexity index is 1510. The number of anilines is 2. The summed E-state index contributed by atoms with van der Waals surface area (Å²) in [6.45, 7) is 0. The summed E-state index contributed by atoms with van der Waals surface area (Å²) in [4.78, 5) is 45.9. The molecule has 2 amide bonds. The second kappa shape index (κ2) is 11.4. The second-order valence-corrected chi connectivity index (χ2v) is 8.06. The van der Waals surface area contributed by atoms with Crippen LogP contribution in [0.3, 0.4) is 0 Å². The highest BCUT2D eigenvalue weighted by molar-refractivity contribution is 6.12. The Labute approximate surface area is 216 Å². The quantitative estimate of drug-likeness (QED) is 0.171. The van der Waals surface area contributed by atoms with Crippen LogP contribution in [-0.4, -0.2) is 21.7 Å². The number of fused-ring (bicyclic) bond motifs is 1. The Balaban J connectivity index is 1.49. The van der Waals surface area contributed by atoms with Crippen molar-refractivity contribution in [1.82, 2.24) is 0 Å². The molecule has 2 N–H and O–H groups in total. The molecule has 38 heavy (non-hydrogen) atoms. The number of hydrogen-bond acceptors (Lipinski definition) is 6. The number of hydrogen-bond donors (Lipinski definition) is 2. The lowest BCUT2D eigenvalue weighted by atomic mass is 10.1. The van der Waals surface area contributed by atoms with E-state index < -0.39 is 21.7 Å². The lowest BCUT2D eigenvalue weighted by Gasteiger charge is -2.11. The Morgan fingerprint density at radius 2 is 1.00 bits per heavy atom. The summed E-state index contributed by atoms with van der Waals surface area (Å²) in [6, 6.07) is 22.3. The zero-order chi connectivity index (χ0) is 27.1. The van der Waals surface area contributed by atoms with Gasteiger partial charge in [-0.25, -0.2) is 0 Å². The molecule has 4 aromatic rings. The van der Waals surface area contributed by atoms with Crippen LogP contribution in [0.5, 0.6) is 0 Å². The fourth-order valence-corrected chi connectivity index (χ4v) is 3.70. The van der Waals surface area contributed by atoms with Crippen LogP contribution in [0.25, 0.3) is 22.9 Å². The number of non-ortho nitro benzene ring substituents is 2. The van der Waals surface area contributed by atoms with E-state index in [0.29, 0.717) is 33.3 Å². The third-order valence-corrected chi connectivity index (χ3v) is 5.45. The van der Waals surface area contributed by atoms with E-state index in [4.69, 9.17) is 0 Å². The molecule has 10 heteroatoms.